The fourth-order valence-electron chi connectivity index (χ4n) is 1.94. The molecule has 0 aliphatic carbocycles. The topological polar surface area (TPSA) is 45.0 Å². The highest BCUT2D eigenvalue weighted by Gasteiger charge is 2.03. The van der Waals surface area contributed by atoms with E-state index < -0.39 is 0 Å². The van der Waals surface area contributed by atoms with Gasteiger partial charge >= 0.3 is 0 Å². The second-order valence-corrected chi connectivity index (χ2v) is 5.31. The summed E-state index contributed by atoms with van der Waals surface area (Å²) in [6.07, 6.45) is 0. The predicted octanol–water partition coefficient (Wildman–Crippen LogP) is 4.25. The summed E-state index contributed by atoms with van der Waals surface area (Å²) in [7, 11) is 1.65. The zero-order chi connectivity index (χ0) is 14.5. The number of methoxy groups -OCH3 is 1. The third-order valence-corrected chi connectivity index (χ3v) is 3.73. The van der Waals surface area contributed by atoms with Crippen LogP contribution in [0, 0.1) is 18.3 Å². The summed E-state index contributed by atoms with van der Waals surface area (Å²) in [4.78, 5) is 0. The average molecular weight is 331 g/mol. The monoisotopic (exact) mass is 330 g/mol. The molecule has 1 N–H and O–H groups in total. The number of rotatable bonds is 4. The van der Waals surface area contributed by atoms with E-state index in [4.69, 9.17) is 10.00 Å². The maximum Gasteiger partial charge on any atom is 0.133 e. The highest BCUT2D eigenvalue weighted by molar-refractivity contribution is 9.10. The summed E-state index contributed by atoms with van der Waals surface area (Å²) in [5.41, 5.74) is 4.00. The Morgan fingerprint density at radius 3 is 2.65 bits per heavy atom. The van der Waals surface area contributed by atoms with Gasteiger partial charge in [-0.15, -0.1) is 0 Å². The number of aryl methyl sites for hydroxylation is 1. The Hall–Kier alpha value is -1.99. The summed E-state index contributed by atoms with van der Waals surface area (Å²) in [6, 6.07) is 13.8. The lowest BCUT2D eigenvalue weighted by Crippen LogP contribution is -2.01. The number of benzene rings is 2. The number of hydrogen-bond acceptors (Lipinski definition) is 3. The molecule has 2 rings (SSSR count). The number of nitriles is 1. The van der Waals surface area contributed by atoms with E-state index in [1.165, 1.54) is 5.56 Å². The second-order valence-electron chi connectivity index (χ2n) is 4.46. The summed E-state index contributed by atoms with van der Waals surface area (Å²) in [5, 5.41) is 12.2. The van der Waals surface area contributed by atoms with E-state index in [0.717, 1.165) is 28.0 Å². The highest BCUT2D eigenvalue weighted by Crippen LogP contribution is 2.28. The molecule has 0 saturated heterocycles. The first-order valence-corrected chi connectivity index (χ1v) is 7.00. The van der Waals surface area contributed by atoms with E-state index in [9.17, 15) is 0 Å². The molecule has 0 amide bonds. The van der Waals surface area contributed by atoms with Gasteiger partial charge in [-0.1, -0.05) is 6.07 Å². The smallest absolute Gasteiger partial charge is 0.133 e. The van der Waals surface area contributed by atoms with Crippen LogP contribution in [0.3, 0.4) is 0 Å². The van der Waals surface area contributed by atoms with Gasteiger partial charge < -0.3 is 10.1 Å². The van der Waals surface area contributed by atoms with Gasteiger partial charge in [0.1, 0.15) is 5.75 Å². The number of ether oxygens (including phenoxy) is 1. The molecule has 0 aliphatic rings. The molecule has 0 heterocycles. The molecule has 0 spiro atoms. The first-order chi connectivity index (χ1) is 9.63. The van der Waals surface area contributed by atoms with Crippen LogP contribution >= 0.6 is 15.9 Å². The molecule has 2 aromatic carbocycles. The van der Waals surface area contributed by atoms with Crippen LogP contribution in [0.5, 0.6) is 5.75 Å². The van der Waals surface area contributed by atoms with Gasteiger partial charge in [0.2, 0.25) is 0 Å². The van der Waals surface area contributed by atoms with E-state index in [2.05, 4.69) is 27.3 Å². The fourth-order valence-corrected chi connectivity index (χ4v) is 2.48. The van der Waals surface area contributed by atoms with Crippen molar-refractivity contribution in [2.24, 2.45) is 0 Å². The summed E-state index contributed by atoms with van der Waals surface area (Å²) < 4.78 is 6.12. The number of nitrogens with one attached hydrogen (secondary N) is 1. The minimum absolute atomic E-state index is 0.693. The van der Waals surface area contributed by atoms with E-state index in [1.807, 2.05) is 43.3 Å². The van der Waals surface area contributed by atoms with E-state index in [-0.39, 0.29) is 0 Å². The molecule has 0 atom stereocenters. The van der Waals surface area contributed by atoms with Gasteiger partial charge in [0, 0.05) is 12.2 Å². The molecule has 0 radical (unpaired) electrons. The van der Waals surface area contributed by atoms with Crippen molar-refractivity contribution in [3.63, 3.8) is 0 Å². The quantitative estimate of drug-likeness (QED) is 0.911. The molecule has 102 valence electrons. The summed E-state index contributed by atoms with van der Waals surface area (Å²) >= 11 is 3.47. The fraction of sp³-hybridized carbons (Fsp3) is 0.188. The summed E-state index contributed by atoms with van der Waals surface area (Å²) in [6.45, 7) is 2.73. The molecule has 0 aromatic heterocycles. The van der Waals surface area contributed by atoms with Gasteiger partial charge in [0.05, 0.1) is 23.2 Å². The van der Waals surface area contributed by atoms with Crippen molar-refractivity contribution in [1.82, 2.24) is 0 Å². The Morgan fingerprint density at radius 1 is 1.25 bits per heavy atom. The molecule has 3 nitrogen and oxygen atoms in total. The van der Waals surface area contributed by atoms with Crippen LogP contribution in [0.4, 0.5) is 5.69 Å². The van der Waals surface area contributed by atoms with Crippen molar-refractivity contribution in [3.05, 3.63) is 57.6 Å². The first kappa shape index (κ1) is 14.4. The highest BCUT2D eigenvalue weighted by atomic mass is 79.9. The maximum atomic E-state index is 8.86. The Balaban J connectivity index is 2.09. The lowest BCUT2D eigenvalue weighted by molar-refractivity contribution is 0.412. The zero-order valence-corrected chi connectivity index (χ0v) is 13.0. The lowest BCUT2D eigenvalue weighted by Gasteiger charge is -2.11. The van der Waals surface area contributed by atoms with Gasteiger partial charge in [-0.3, -0.25) is 0 Å². The van der Waals surface area contributed by atoms with E-state index in [0.29, 0.717) is 5.56 Å². The van der Waals surface area contributed by atoms with Crippen LogP contribution in [0.2, 0.25) is 0 Å². The second kappa shape index (κ2) is 6.44. The first-order valence-electron chi connectivity index (χ1n) is 6.21. The van der Waals surface area contributed by atoms with Gasteiger partial charge in [-0.2, -0.15) is 5.26 Å². The minimum Gasteiger partial charge on any atom is -0.496 e. The van der Waals surface area contributed by atoms with Crippen LogP contribution in [0.1, 0.15) is 16.7 Å². The predicted molar refractivity (Wildman–Crippen MR) is 83.9 cm³/mol. The van der Waals surface area contributed by atoms with E-state index in [1.54, 1.807) is 7.11 Å². The molecule has 0 fully saturated rings. The van der Waals surface area contributed by atoms with Crippen LogP contribution in [-0.4, -0.2) is 7.11 Å². The van der Waals surface area contributed by atoms with Crippen molar-refractivity contribution >= 4 is 21.6 Å². The Kier molecular flexibility index (Phi) is 4.65. The third kappa shape index (κ3) is 3.31. The van der Waals surface area contributed by atoms with Crippen LogP contribution in [0.15, 0.2) is 40.9 Å². The maximum absolute atomic E-state index is 8.86. The lowest BCUT2D eigenvalue weighted by atomic mass is 10.1. The number of hydrogen-bond donors (Lipinski definition) is 1. The molecule has 4 heteroatoms. The van der Waals surface area contributed by atoms with Gasteiger partial charge in [0.25, 0.3) is 0 Å². The average Bonchev–Trinajstić information content (AvgIpc) is 2.46. The molecular formula is C16H15BrN2O. The van der Waals surface area contributed by atoms with Gasteiger partial charge in [-0.25, -0.2) is 0 Å². The van der Waals surface area contributed by atoms with Crippen molar-refractivity contribution in [2.75, 3.05) is 12.4 Å². The zero-order valence-electron chi connectivity index (χ0n) is 11.4. The molecule has 0 saturated carbocycles. The normalized spacial score (nSPS) is 9.90. The molecular weight excluding hydrogens is 316 g/mol. The molecule has 0 aliphatic heterocycles. The standard InChI is InChI=1S/C16H15BrN2O/c1-11-7-12(9-18)3-4-13(11)10-19-14-5-6-16(20-2)15(17)8-14/h3-8,19H,10H2,1-2H3. The Bertz CT molecular complexity index is 662. The van der Waals surface area contributed by atoms with Crippen molar-refractivity contribution < 1.29 is 4.74 Å². The number of halogens is 1. The van der Waals surface area contributed by atoms with Crippen LogP contribution in [-0.2, 0) is 6.54 Å². The Labute approximate surface area is 127 Å². The van der Waals surface area contributed by atoms with Crippen molar-refractivity contribution in [1.29, 1.82) is 5.26 Å². The largest absolute Gasteiger partial charge is 0.496 e. The third-order valence-electron chi connectivity index (χ3n) is 3.11. The van der Waals surface area contributed by atoms with Gasteiger partial charge in [-0.05, 0) is 64.3 Å². The van der Waals surface area contributed by atoms with Crippen molar-refractivity contribution in [3.8, 4) is 11.8 Å². The Morgan fingerprint density at radius 2 is 2.05 bits per heavy atom. The minimum atomic E-state index is 0.693. The SMILES string of the molecule is COc1ccc(NCc2ccc(C#N)cc2C)cc1Br. The van der Waals surface area contributed by atoms with Crippen molar-refractivity contribution in [2.45, 2.75) is 13.5 Å². The van der Waals surface area contributed by atoms with Crippen LogP contribution in [0.25, 0.3) is 0 Å². The number of anilines is 1. The number of nitrogens with zero attached hydrogens (tertiary/aromatic N) is 1. The summed E-state index contributed by atoms with van der Waals surface area (Å²) in [5.74, 6) is 0.810. The molecule has 0 bridgehead atoms. The molecule has 0 unspecified atom stereocenters. The van der Waals surface area contributed by atoms with Gasteiger partial charge in [0.15, 0.2) is 0 Å². The van der Waals surface area contributed by atoms with Crippen LogP contribution < -0.4 is 10.1 Å². The molecule has 2 aromatic rings. The molecule has 20 heavy (non-hydrogen) atoms. The van der Waals surface area contributed by atoms with E-state index >= 15 is 0 Å².